The van der Waals surface area contributed by atoms with Crippen LogP contribution in [0.2, 0.25) is 0 Å². The topological polar surface area (TPSA) is 46.5 Å². The van der Waals surface area contributed by atoms with Gasteiger partial charge >= 0.3 is 5.97 Å². The number of methoxy groups -OCH3 is 1. The Morgan fingerprint density at radius 1 is 1.50 bits per heavy atom. The summed E-state index contributed by atoms with van der Waals surface area (Å²) in [5.74, 6) is -0.275. The molecule has 0 spiro atoms. The summed E-state index contributed by atoms with van der Waals surface area (Å²) < 4.78 is 4.61. The zero-order valence-electron chi connectivity index (χ0n) is 8.16. The molecule has 4 heteroatoms. The molecule has 0 atom stereocenters. The second kappa shape index (κ2) is 5.78. The van der Waals surface area contributed by atoms with E-state index in [-0.39, 0.29) is 12.6 Å². The summed E-state index contributed by atoms with van der Waals surface area (Å²) in [6.45, 7) is 0.231. The van der Waals surface area contributed by atoms with Crippen LogP contribution in [0.3, 0.4) is 0 Å². The molecule has 0 aliphatic carbocycles. The molecule has 1 heterocycles. The van der Waals surface area contributed by atoms with Gasteiger partial charge in [0.1, 0.15) is 4.88 Å². The third-order valence-electron chi connectivity index (χ3n) is 1.88. The van der Waals surface area contributed by atoms with Crippen LogP contribution in [0.15, 0.2) is 12.1 Å². The standard InChI is InChI=1S/C10H14O3S/c1-13-10(12)9-6-5-8(14-9)4-2-3-7-11/h5-6,11H,2-4,7H2,1H3. The van der Waals surface area contributed by atoms with Crippen LogP contribution in [0, 0.1) is 0 Å². The van der Waals surface area contributed by atoms with Crippen LogP contribution >= 0.6 is 11.3 Å². The molecule has 0 amide bonds. The Kier molecular flexibility index (Phi) is 4.62. The number of unbranched alkanes of at least 4 members (excludes halogenated alkanes) is 1. The third kappa shape index (κ3) is 3.12. The lowest BCUT2D eigenvalue weighted by Crippen LogP contribution is -1.96. The first-order chi connectivity index (χ1) is 6.77. The fraction of sp³-hybridized carbons (Fsp3) is 0.500. The molecule has 0 fully saturated rings. The first-order valence-electron chi connectivity index (χ1n) is 4.56. The molecule has 1 rings (SSSR count). The fourth-order valence-electron chi connectivity index (χ4n) is 1.13. The molecule has 0 aromatic carbocycles. The van der Waals surface area contributed by atoms with Crippen LogP contribution in [-0.4, -0.2) is 24.8 Å². The average molecular weight is 214 g/mol. The fourth-order valence-corrected chi connectivity index (χ4v) is 2.10. The minimum atomic E-state index is -0.275. The second-order valence-corrected chi connectivity index (χ2v) is 4.11. The van der Waals surface area contributed by atoms with Gasteiger partial charge in [0, 0.05) is 11.5 Å². The van der Waals surface area contributed by atoms with Crippen molar-refractivity contribution in [2.75, 3.05) is 13.7 Å². The van der Waals surface area contributed by atoms with Gasteiger partial charge < -0.3 is 9.84 Å². The molecule has 1 aromatic rings. The lowest BCUT2D eigenvalue weighted by atomic mass is 10.2. The van der Waals surface area contributed by atoms with Crippen LogP contribution in [-0.2, 0) is 11.2 Å². The predicted molar refractivity (Wildman–Crippen MR) is 55.7 cm³/mol. The van der Waals surface area contributed by atoms with Crippen LogP contribution in [0.25, 0.3) is 0 Å². The van der Waals surface area contributed by atoms with Crippen molar-refractivity contribution in [2.24, 2.45) is 0 Å². The van der Waals surface area contributed by atoms with Gasteiger partial charge in [-0.15, -0.1) is 11.3 Å². The monoisotopic (exact) mass is 214 g/mol. The normalized spacial score (nSPS) is 10.1. The zero-order valence-corrected chi connectivity index (χ0v) is 8.97. The Morgan fingerprint density at radius 2 is 2.29 bits per heavy atom. The smallest absolute Gasteiger partial charge is 0.348 e. The number of thiophene rings is 1. The van der Waals surface area contributed by atoms with Crippen molar-refractivity contribution in [2.45, 2.75) is 19.3 Å². The molecular formula is C10H14O3S. The number of rotatable bonds is 5. The van der Waals surface area contributed by atoms with Crippen LogP contribution < -0.4 is 0 Å². The highest BCUT2D eigenvalue weighted by Crippen LogP contribution is 2.19. The molecule has 78 valence electrons. The van der Waals surface area contributed by atoms with Gasteiger partial charge in [-0.25, -0.2) is 4.79 Å². The maximum atomic E-state index is 11.1. The number of aryl methyl sites for hydroxylation is 1. The van der Waals surface area contributed by atoms with Gasteiger partial charge in [0.25, 0.3) is 0 Å². The van der Waals surface area contributed by atoms with Gasteiger partial charge in [-0.1, -0.05) is 0 Å². The number of carbonyl (C=O) groups is 1. The van der Waals surface area contributed by atoms with Crippen molar-refractivity contribution in [3.63, 3.8) is 0 Å². The van der Waals surface area contributed by atoms with Crippen molar-refractivity contribution in [1.29, 1.82) is 0 Å². The van der Waals surface area contributed by atoms with Crippen molar-refractivity contribution >= 4 is 17.3 Å². The number of aliphatic hydroxyl groups excluding tert-OH is 1. The Hall–Kier alpha value is -0.870. The highest BCUT2D eigenvalue weighted by atomic mass is 32.1. The summed E-state index contributed by atoms with van der Waals surface area (Å²) >= 11 is 1.46. The largest absolute Gasteiger partial charge is 0.465 e. The van der Waals surface area contributed by atoms with E-state index in [1.165, 1.54) is 23.3 Å². The lowest BCUT2D eigenvalue weighted by Gasteiger charge is -1.95. The molecule has 0 radical (unpaired) electrons. The van der Waals surface area contributed by atoms with Gasteiger partial charge in [-0.05, 0) is 31.4 Å². The predicted octanol–water partition coefficient (Wildman–Crippen LogP) is 1.85. The van der Waals surface area contributed by atoms with Gasteiger partial charge in [0.2, 0.25) is 0 Å². The Morgan fingerprint density at radius 3 is 2.93 bits per heavy atom. The van der Waals surface area contributed by atoms with Crippen molar-refractivity contribution in [1.82, 2.24) is 0 Å². The summed E-state index contributed by atoms with van der Waals surface area (Å²) in [5.41, 5.74) is 0. The summed E-state index contributed by atoms with van der Waals surface area (Å²) in [6, 6.07) is 3.72. The quantitative estimate of drug-likeness (QED) is 0.601. The Balaban J connectivity index is 2.46. The molecule has 3 nitrogen and oxygen atoms in total. The van der Waals surface area contributed by atoms with E-state index >= 15 is 0 Å². The van der Waals surface area contributed by atoms with Crippen molar-refractivity contribution in [3.05, 3.63) is 21.9 Å². The Bertz CT molecular complexity index is 293. The molecule has 0 saturated carbocycles. The minimum Gasteiger partial charge on any atom is -0.465 e. The number of aliphatic hydroxyl groups is 1. The summed E-state index contributed by atoms with van der Waals surface area (Å²) in [7, 11) is 1.38. The molecule has 14 heavy (non-hydrogen) atoms. The number of carbonyl (C=O) groups excluding carboxylic acids is 1. The summed E-state index contributed by atoms with van der Waals surface area (Å²) in [6.07, 6.45) is 2.69. The molecule has 0 aliphatic heterocycles. The lowest BCUT2D eigenvalue weighted by molar-refractivity contribution is 0.0606. The van der Waals surface area contributed by atoms with E-state index in [1.807, 2.05) is 6.07 Å². The number of hydrogen-bond donors (Lipinski definition) is 1. The molecule has 0 aliphatic rings. The second-order valence-electron chi connectivity index (χ2n) is 2.94. The van der Waals surface area contributed by atoms with Gasteiger partial charge in [0.05, 0.1) is 7.11 Å². The van der Waals surface area contributed by atoms with Crippen LogP contribution in [0.5, 0.6) is 0 Å². The van der Waals surface area contributed by atoms with Crippen LogP contribution in [0.4, 0.5) is 0 Å². The SMILES string of the molecule is COC(=O)c1ccc(CCCCO)s1. The van der Waals surface area contributed by atoms with E-state index in [2.05, 4.69) is 4.74 Å². The van der Waals surface area contributed by atoms with E-state index in [1.54, 1.807) is 6.07 Å². The van der Waals surface area contributed by atoms with Crippen molar-refractivity contribution < 1.29 is 14.6 Å². The third-order valence-corrected chi connectivity index (χ3v) is 3.00. The highest BCUT2D eigenvalue weighted by Gasteiger charge is 2.08. The zero-order chi connectivity index (χ0) is 10.4. The molecule has 1 N–H and O–H groups in total. The van der Waals surface area contributed by atoms with E-state index in [0.717, 1.165) is 19.3 Å². The van der Waals surface area contributed by atoms with E-state index < -0.39 is 0 Å². The first-order valence-corrected chi connectivity index (χ1v) is 5.37. The van der Waals surface area contributed by atoms with E-state index in [4.69, 9.17) is 5.11 Å². The number of esters is 1. The maximum Gasteiger partial charge on any atom is 0.348 e. The first kappa shape index (κ1) is 11.2. The summed E-state index contributed by atoms with van der Waals surface area (Å²) in [4.78, 5) is 12.9. The van der Waals surface area contributed by atoms with Gasteiger partial charge in [-0.3, -0.25) is 0 Å². The number of ether oxygens (including phenoxy) is 1. The average Bonchev–Trinajstić information content (AvgIpc) is 2.66. The minimum absolute atomic E-state index is 0.231. The van der Waals surface area contributed by atoms with Gasteiger partial charge in [-0.2, -0.15) is 0 Å². The molecule has 0 bridgehead atoms. The molecule has 0 saturated heterocycles. The molecule has 1 aromatic heterocycles. The summed E-state index contributed by atoms with van der Waals surface area (Å²) in [5, 5.41) is 8.61. The molecule has 0 unspecified atom stereocenters. The van der Waals surface area contributed by atoms with E-state index in [0.29, 0.717) is 4.88 Å². The maximum absolute atomic E-state index is 11.1. The van der Waals surface area contributed by atoms with Crippen molar-refractivity contribution in [3.8, 4) is 0 Å². The Labute approximate surface area is 87.3 Å². The van der Waals surface area contributed by atoms with Gasteiger partial charge in [0.15, 0.2) is 0 Å². The molecular weight excluding hydrogens is 200 g/mol. The van der Waals surface area contributed by atoms with Crippen LogP contribution in [0.1, 0.15) is 27.4 Å². The highest BCUT2D eigenvalue weighted by molar-refractivity contribution is 7.13. The van der Waals surface area contributed by atoms with E-state index in [9.17, 15) is 4.79 Å². The number of hydrogen-bond acceptors (Lipinski definition) is 4.